The number of nitrogens with one attached hydrogen (secondary N) is 1. The molecule has 5 nitrogen and oxygen atoms in total. The van der Waals surface area contributed by atoms with E-state index in [9.17, 15) is 22.8 Å². The Morgan fingerprint density at radius 3 is 2.50 bits per heavy atom. The molecule has 0 bridgehead atoms. The predicted octanol–water partition coefficient (Wildman–Crippen LogP) is 3.78. The van der Waals surface area contributed by atoms with Gasteiger partial charge in [-0.3, -0.25) is 4.79 Å². The third-order valence-corrected chi connectivity index (χ3v) is 3.99. The lowest BCUT2D eigenvalue weighted by atomic mass is 9.92. The molecule has 0 spiro atoms. The molecule has 0 saturated heterocycles. The summed E-state index contributed by atoms with van der Waals surface area (Å²) in [6, 6.07) is 3.60. The summed E-state index contributed by atoms with van der Waals surface area (Å²) in [5, 5.41) is 2.97. The Kier molecular flexibility index (Phi) is 5.29. The zero-order valence-corrected chi connectivity index (χ0v) is 13.5. The number of carbonyl (C=O) groups excluding carboxylic acids is 2. The zero-order chi connectivity index (χ0) is 18.1. The van der Waals surface area contributed by atoms with Gasteiger partial charge in [-0.25, -0.2) is 4.79 Å². The number of alkyl halides is 3. The largest absolute Gasteiger partial charge is 0.396 e. The minimum Gasteiger partial charge on any atom is -0.366 e. The first-order valence-electron chi connectivity index (χ1n) is 6.70. The number of primary amides is 1. The molecule has 0 radical (unpaired) electrons. The van der Waals surface area contributed by atoms with Gasteiger partial charge in [0.2, 0.25) is 5.91 Å². The highest BCUT2D eigenvalue weighted by Gasteiger charge is 2.45. The molecule has 10 heteroatoms. The second kappa shape index (κ2) is 6.90. The van der Waals surface area contributed by atoms with Crippen molar-refractivity contribution >= 4 is 40.8 Å². The minimum atomic E-state index is -4.61. The SMILES string of the molecule is NC(=O)C1=CN(C(=O)Nc2ccc(Cl)cc2Cl)CCC1C(F)(F)F. The van der Waals surface area contributed by atoms with Crippen LogP contribution in [0.1, 0.15) is 6.42 Å². The number of nitrogens with two attached hydrogens (primary N) is 1. The Morgan fingerprint density at radius 1 is 1.29 bits per heavy atom. The van der Waals surface area contributed by atoms with Gasteiger partial charge < -0.3 is 16.0 Å². The lowest BCUT2D eigenvalue weighted by Gasteiger charge is -2.31. The van der Waals surface area contributed by atoms with Crippen LogP contribution in [0.25, 0.3) is 0 Å². The second-order valence-corrected chi connectivity index (χ2v) is 5.92. The van der Waals surface area contributed by atoms with Gasteiger partial charge in [-0.2, -0.15) is 13.2 Å². The van der Waals surface area contributed by atoms with E-state index in [1.54, 1.807) is 0 Å². The van der Waals surface area contributed by atoms with Crippen LogP contribution in [0.3, 0.4) is 0 Å². The standard InChI is InChI=1S/C14H12Cl2F3N3O2/c15-7-1-2-11(10(16)5-7)21-13(24)22-4-3-9(14(17,18)19)8(6-22)12(20)23/h1-2,5-6,9H,3-4H2,(H2,20,23)(H,21,24). The molecule has 2 rings (SSSR count). The molecule has 0 fully saturated rings. The highest BCUT2D eigenvalue weighted by molar-refractivity contribution is 6.36. The van der Waals surface area contributed by atoms with E-state index < -0.39 is 36.0 Å². The van der Waals surface area contributed by atoms with Gasteiger partial charge in [-0.1, -0.05) is 23.2 Å². The van der Waals surface area contributed by atoms with Gasteiger partial charge in [-0.05, 0) is 24.6 Å². The smallest absolute Gasteiger partial charge is 0.366 e. The van der Waals surface area contributed by atoms with Gasteiger partial charge in [-0.15, -0.1) is 0 Å². The summed E-state index contributed by atoms with van der Waals surface area (Å²) in [6.45, 7) is -0.224. The molecule has 1 atom stereocenters. The normalized spacial score (nSPS) is 18.1. The number of amides is 3. The fourth-order valence-electron chi connectivity index (χ4n) is 2.26. The molecule has 1 aliphatic heterocycles. The van der Waals surface area contributed by atoms with E-state index in [0.29, 0.717) is 5.02 Å². The van der Waals surface area contributed by atoms with Gasteiger partial charge in [0.05, 0.1) is 16.6 Å². The number of hydrogen-bond donors (Lipinski definition) is 2. The van der Waals surface area contributed by atoms with Crippen LogP contribution in [0.4, 0.5) is 23.7 Å². The van der Waals surface area contributed by atoms with Crippen molar-refractivity contribution in [1.29, 1.82) is 0 Å². The minimum absolute atomic E-state index is 0.167. The zero-order valence-electron chi connectivity index (χ0n) is 12.0. The average molecular weight is 382 g/mol. The highest BCUT2D eigenvalue weighted by atomic mass is 35.5. The van der Waals surface area contributed by atoms with Gasteiger partial charge in [0.25, 0.3) is 0 Å². The van der Waals surface area contributed by atoms with E-state index in [2.05, 4.69) is 5.32 Å². The van der Waals surface area contributed by atoms with Gasteiger partial charge in [0, 0.05) is 23.3 Å². The van der Waals surface area contributed by atoms with E-state index in [1.165, 1.54) is 18.2 Å². The lowest BCUT2D eigenvalue weighted by molar-refractivity contribution is -0.169. The van der Waals surface area contributed by atoms with Gasteiger partial charge in [0.15, 0.2) is 0 Å². The number of urea groups is 1. The van der Waals surface area contributed by atoms with Crippen LogP contribution in [-0.2, 0) is 4.79 Å². The van der Waals surface area contributed by atoms with Crippen LogP contribution >= 0.6 is 23.2 Å². The van der Waals surface area contributed by atoms with Crippen molar-refractivity contribution in [2.24, 2.45) is 11.7 Å². The summed E-state index contributed by atoms with van der Waals surface area (Å²) < 4.78 is 38.8. The van der Waals surface area contributed by atoms with E-state index in [-0.39, 0.29) is 17.3 Å². The maximum Gasteiger partial charge on any atom is 0.396 e. The monoisotopic (exact) mass is 381 g/mol. The number of halogens is 5. The molecule has 1 unspecified atom stereocenters. The summed E-state index contributed by atoms with van der Waals surface area (Å²) >= 11 is 11.7. The van der Waals surface area contributed by atoms with Crippen molar-refractivity contribution in [3.8, 4) is 0 Å². The molecule has 3 amide bonds. The van der Waals surface area contributed by atoms with E-state index in [1.807, 2.05) is 0 Å². The Balaban J connectivity index is 2.21. The molecule has 0 saturated carbocycles. The third kappa shape index (κ3) is 4.12. The Labute approximate surface area is 145 Å². The summed E-state index contributed by atoms with van der Waals surface area (Å²) in [6.07, 6.45) is -4.24. The molecule has 1 aromatic carbocycles. The Bertz CT molecular complexity index is 707. The first-order valence-corrected chi connectivity index (χ1v) is 7.46. The number of rotatable bonds is 2. The quantitative estimate of drug-likeness (QED) is 0.817. The van der Waals surface area contributed by atoms with Crippen molar-refractivity contribution < 1.29 is 22.8 Å². The average Bonchev–Trinajstić information content (AvgIpc) is 2.48. The van der Waals surface area contributed by atoms with Crippen molar-refractivity contribution in [3.63, 3.8) is 0 Å². The van der Waals surface area contributed by atoms with Crippen LogP contribution in [0, 0.1) is 5.92 Å². The maximum absolute atomic E-state index is 12.9. The van der Waals surface area contributed by atoms with Gasteiger partial charge >= 0.3 is 12.2 Å². The van der Waals surface area contributed by atoms with Crippen molar-refractivity contribution in [3.05, 3.63) is 40.0 Å². The van der Waals surface area contributed by atoms with Crippen LogP contribution in [0.2, 0.25) is 10.0 Å². The van der Waals surface area contributed by atoms with Crippen molar-refractivity contribution in [1.82, 2.24) is 4.90 Å². The molecular formula is C14H12Cl2F3N3O2. The van der Waals surface area contributed by atoms with Crippen LogP contribution < -0.4 is 11.1 Å². The van der Waals surface area contributed by atoms with Crippen molar-refractivity contribution in [2.75, 3.05) is 11.9 Å². The van der Waals surface area contributed by atoms with E-state index in [4.69, 9.17) is 28.9 Å². The fraction of sp³-hybridized carbons (Fsp3) is 0.286. The molecule has 1 aromatic rings. The predicted molar refractivity (Wildman–Crippen MR) is 83.6 cm³/mol. The molecule has 0 aliphatic carbocycles. The van der Waals surface area contributed by atoms with Crippen LogP contribution in [-0.4, -0.2) is 29.6 Å². The number of nitrogens with zero attached hydrogens (tertiary/aromatic N) is 1. The summed E-state index contributed by atoms with van der Waals surface area (Å²) in [4.78, 5) is 24.4. The Hall–Kier alpha value is -1.93. The molecular weight excluding hydrogens is 370 g/mol. The first-order chi connectivity index (χ1) is 11.1. The molecule has 3 N–H and O–H groups in total. The van der Waals surface area contributed by atoms with Crippen molar-refractivity contribution in [2.45, 2.75) is 12.6 Å². The summed E-state index contributed by atoms with van der Waals surface area (Å²) in [7, 11) is 0. The van der Waals surface area contributed by atoms with E-state index in [0.717, 1.165) is 11.1 Å². The topological polar surface area (TPSA) is 75.4 Å². The number of hydrogen-bond acceptors (Lipinski definition) is 2. The summed E-state index contributed by atoms with van der Waals surface area (Å²) in [5.41, 5.74) is 4.58. The van der Waals surface area contributed by atoms with Gasteiger partial charge in [0.1, 0.15) is 0 Å². The maximum atomic E-state index is 12.9. The van der Waals surface area contributed by atoms with Crippen LogP contribution in [0.15, 0.2) is 30.0 Å². The number of anilines is 1. The number of benzene rings is 1. The molecule has 1 aliphatic rings. The molecule has 130 valence electrons. The van der Waals surface area contributed by atoms with Crippen LogP contribution in [0.5, 0.6) is 0 Å². The fourth-order valence-corrected chi connectivity index (χ4v) is 2.72. The molecule has 0 aromatic heterocycles. The third-order valence-electron chi connectivity index (χ3n) is 3.44. The molecule has 1 heterocycles. The summed E-state index contributed by atoms with van der Waals surface area (Å²) in [5.74, 6) is -3.21. The number of carbonyl (C=O) groups is 2. The molecule has 24 heavy (non-hydrogen) atoms. The van der Waals surface area contributed by atoms with E-state index >= 15 is 0 Å². The highest BCUT2D eigenvalue weighted by Crippen LogP contribution is 2.37. The lowest BCUT2D eigenvalue weighted by Crippen LogP contribution is -2.42. The second-order valence-electron chi connectivity index (χ2n) is 5.08. The Morgan fingerprint density at radius 2 is 1.96 bits per heavy atom. The first kappa shape index (κ1) is 18.4.